The summed E-state index contributed by atoms with van der Waals surface area (Å²) in [7, 11) is 4.71. The number of aromatic nitrogens is 7. The van der Waals surface area contributed by atoms with Gasteiger partial charge in [-0.1, -0.05) is 17.7 Å². The SMILES string of the molecule is COc1cccc(OC)c1-n1c(NS(=O)CC(OC)c2ncc(Cl)cn2)nnc1-c1ccn(C)n1. The van der Waals surface area contributed by atoms with E-state index in [4.69, 9.17) is 25.8 Å². The second kappa shape index (κ2) is 10.8. The van der Waals surface area contributed by atoms with Gasteiger partial charge in [-0.3, -0.25) is 14.0 Å². The average Bonchev–Trinajstić information content (AvgIpc) is 3.48. The molecule has 0 amide bonds. The van der Waals surface area contributed by atoms with Crippen LogP contribution in [0.4, 0.5) is 5.95 Å². The molecule has 14 heteroatoms. The third-order valence-corrected chi connectivity index (χ3v) is 6.16. The maximum Gasteiger partial charge on any atom is 0.241 e. The number of rotatable bonds is 10. The first kappa shape index (κ1) is 24.6. The number of nitrogens with zero attached hydrogens (tertiary/aromatic N) is 7. The molecule has 184 valence electrons. The van der Waals surface area contributed by atoms with Gasteiger partial charge >= 0.3 is 0 Å². The lowest BCUT2D eigenvalue weighted by atomic mass is 10.2. The van der Waals surface area contributed by atoms with Crippen molar-refractivity contribution in [3.05, 3.63) is 53.7 Å². The predicted molar refractivity (Wildman–Crippen MR) is 130 cm³/mol. The van der Waals surface area contributed by atoms with E-state index >= 15 is 0 Å². The molecule has 35 heavy (non-hydrogen) atoms. The predicted octanol–water partition coefficient (Wildman–Crippen LogP) is 2.59. The molecule has 0 fully saturated rings. The van der Waals surface area contributed by atoms with Crippen LogP contribution in [0.25, 0.3) is 17.2 Å². The molecule has 1 N–H and O–H groups in total. The van der Waals surface area contributed by atoms with Crippen molar-refractivity contribution in [1.82, 2.24) is 34.5 Å². The van der Waals surface area contributed by atoms with Crippen molar-refractivity contribution in [2.75, 3.05) is 31.8 Å². The lowest BCUT2D eigenvalue weighted by molar-refractivity contribution is 0.115. The summed E-state index contributed by atoms with van der Waals surface area (Å²) in [5.41, 5.74) is 1.07. The fourth-order valence-corrected chi connectivity index (χ4v) is 4.41. The van der Waals surface area contributed by atoms with Gasteiger partial charge in [0.1, 0.15) is 40.0 Å². The third kappa shape index (κ3) is 5.26. The molecule has 2 unspecified atom stereocenters. The molecular formula is C21H23ClN8O4S. The highest BCUT2D eigenvalue weighted by Crippen LogP contribution is 2.37. The molecule has 0 bridgehead atoms. The molecule has 0 radical (unpaired) electrons. The van der Waals surface area contributed by atoms with Gasteiger partial charge in [-0.15, -0.1) is 10.2 Å². The quantitative estimate of drug-likeness (QED) is 0.336. The first-order valence-corrected chi connectivity index (χ1v) is 12.0. The number of hydrogen-bond donors (Lipinski definition) is 1. The highest BCUT2D eigenvalue weighted by Gasteiger charge is 2.25. The fourth-order valence-electron chi connectivity index (χ4n) is 3.33. The molecule has 1 aromatic carbocycles. The number of halogens is 1. The zero-order valence-electron chi connectivity index (χ0n) is 19.4. The van der Waals surface area contributed by atoms with Crippen molar-refractivity contribution in [2.24, 2.45) is 7.05 Å². The molecule has 2 atom stereocenters. The number of methoxy groups -OCH3 is 3. The number of ether oxygens (including phenoxy) is 3. The van der Waals surface area contributed by atoms with Crippen molar-refractivity contribution < 1.29 is 18.4 Å². The van der Waals surface area contributed by atoms with E-state index < -0.39 is 17.1 Å². The number of hydrogen-bond acceptors (Lipinski definition) is 9. The van der Waals surface area contributed by atoms with E-state index in [9.17, 15) is 4.21 Å². The summed E-state index contributed by atoms with van der Waals surface area (Å²) in [6, 6.07) is 7.15. The van der Waals surface area contributed by atoms with Gasteiger partial charge in [-0.25, -0.2) is 14.2 Å². The molecule has 3 heterocycles. The van der Waals surface area contributed by atoms with Gasteiger partial charge in [0.2, 0.25) is 5.95 Å². The van der Waals surface area contributed by atoms with Crippen LogP contribution in [0.15, 0.2) is 42.9 Å². The lowest BCUT2D eigenvalue weighted by Gasteiger charge is -2.18. The molecule has 0 aliphatic carbocycles. The molecule has 0 spiro atoms. The van der Waals surface area contributed by atoms with Crippen LogP contribution in [-0.4, -0.2) is 65.8 Å². The minimum Gasteiger partial charge on any atom is -0.494 e. The Morgan fingerprint density at radius 3 is 2.34 bits per heavy atom. The second-order valence-corrected chi connectivity index (χ2v) is 8.83. The monoisotopic (exact) mass is 518 g/mol. The number of para-hydroxylation sites is 1. The van der Waals surface area contributed by atoms with E-state index in [-0.39, 0.29) is 11.7 Å². The zero-order chi connectivity index (χ0) is 24.9. The normalized spacial score (nSPS) is 12.8. The van der Waals surface area contributed by atoms with E-state index in [0.29, 0.717) is 39.6 Å². The van der Waals surface area contributed by atoms with Crippen molar-refractivity contribution >= 4 is 28.5 Å². The number of nitrogens with one attached hydrogen (secondary N) is 1. The molecule has 0 aliphatic rings. The van der Waals surface area contributed by atoms with Crippen LogP contribution in [0.2, 0.25) is 5.02 Å². The fraction of sp³-hybridized carbons (Fsp3) is 0.286. The van der Waals surface area contributed by atoms with Gasteiger partial charge in [-0.2, -0.15) is 5.10 Å². The van der Waals surface area contributed by atoms with E-state index in [1.54, 1.807) is 61.0 Å². The minimum atomic E-state index is -1.66. The Bertz CT molecular complexity index is 1310. The van der Waals surface area contributed by atoms with Gasteiger partial charge in [0.25, 0.3) is 0 Å². The van der Waals surface area contributed by atoms with Gasteiger partial charge in [0, 0.05) is 32.7 Å². The van der Waals surface area contributed by atoms with Gasteiger partial charge < -0.3 is 14.2 Å². The maximum atomic E-state index is 13.1. The Morgan fingerprint density at radius 2 is 1.77 bits per heavy atom. The Labute approximate surface area is 208 Å². The average molecular weight is 519 g/mol. The highest BCUT2D eigenvalue weighted by molar-refractivity contribution is 7.86. The lowest BCUT2D eigenvalue weighted by Crippen LogP contribution is -2.20. The first-order valence-electron chi connectivity index (χ1n) is 10.3. The van der Waals surface area contributed by atoms with E-state index in [1.807, 2.05) is 0 Å². The summed E-state index contributed by atoms with van der Waals surface area (Å²) in [4.78, 5) is 8.32. The molecule has 12 nitrogen and oxygen atoms in total. The number of benzene rings is 1. The Hall–Kier alpha value is -3.55. The maximum absolute atomic E-state index is 13.1. The van der Waals surface area contributed by atoms with Crippen LogP contribution >= 0.6 is 11.6 Å². The topological polar surface area (TPSA) is 131 Å². The van der Waals surface area contributed by atoms with E-state index in [2.05, 4.69) is 30.0 Å². The number of anilines is 1. The van der Waals surface area contributed by atoms with Crippen LogP contribution in [-0.2, 0) is 22.8 Å². The Kier molecular flexibility index (Phi) is 7.58. The Balaban J connectivity index is 1.73. The third-order valence-electron chi connectivity index (χ3n) is 4.95. The largest absolute Gasteiger partial charge is 0.494 e. The summed E-state index contributed by atoms with van der Waals surface area (Å²) >= 11 is 5.87. The smallest absolute Gasteiger partial charge is 0.241 e. The van der Waals surface area contributed by atoms with Gasteiger partial charge in [0.15, 0.2) is 11.6 Å². The van der Waals surface area contributed by atoms with Crippen molar-refractivity contribution in [1.29, 1.82) is 0 Å². The molecule has 0 aliphatic heterocycles. The summed E-state index contributed by atoms with van der Waals surface area (Å²) in [5.74, 6) is 1.98. The molecule has 3 aromatic heterocycles. The summed E-state index contributed by atoms with van der Waals surface area (Å²) in [6.45, 7) is 0. The second-order valence-electron chi connectivity index (χ2n) is 7.17. The molecule has 0 saturated carbocycles. The van der Waals surface area contributed by atoms with Crippen LogP contribution < -0.4 is 14.2 Å². The van der Waals surface area contributed by atoms with Gasteiger partial charge in [0.05, 0.1) is 25.0 Å². The molecule has 0 saturated heterocycles. The first-order chi connectivity index (χ1) is 16.9. The summed E-state index contributed by atoms with van der Waals surface area (Å²) in [5, 5.41) is 13.4. The summed E-state index contributed by atoms with van der Waals surface area (Å²) in [6.07, 6.45) is 4.05. The van der Waals surface area contributed by atoms with Crippen molar-refractivity contribution in [3.63, 3.8) is 0 Å². The van der Waals surface area contributed by atoms with E-state index in [0.717, 1.165) is 0 Å². The molecule has 4 rings (SSSR count). The van der Waals surface area contributed by atoms with Crippen LogP contribution in [0, 0.1) is 0 Å². The molecular weight excluding hydrogens is 496 g/mol. The number of aryl methyl sites for hydroxylation is 1. The van der Waals surface area contributed by atoms with Crippen molar-refractivity contribution in [2.45, 2.75) is 6.10 Å². The highest BCUT2D eigenvalue weighted by atomic mass is 35.5. The Morgan fingerprint density at radius 1 is 1.09 bits per heavy atom. The summed E-state index contributed by atoms with van der Waals surface area (Å²) < 4.78 is 36.0. The van der Waals surface area contributed by atoms with Crippen molar-refractivity contribution in [3.8, 4) is 28.7 Å². The standard InChI is InChI=1S/C21H23ClN8O4S/c1-29-9-8-14(27-29)20-25-26-21(30(20)18-15(32-2)6-5-7-16(18)33-3)28-35(31)12-17(34-4)19-23-10-13(22)11-24-19/h5-11,17H,12H2,1-4H3,(H,26,28). The van der Waals surface area contributed by atoms with Crippen LogP contribution in [0.5, 0.6) is 11.5 Å². The molecule has 4 aromatic rings. The minimum absolute atomic E-state index is 0.0347. The zero-order valence-corrected chi connectivity index (χ0v) is 20.9. The van der Waals surface area contributed by atoms with Crippen LogP contribution in [0.1, 0.15) is 11.9 Å². The van der Waals surface area contributed by atoms with Crippen LogP contribution in [0.3, 0.4) is 0 Å². The van der Waals surface area contributed by atoms with E-state index in [1.165, 1.54) is 19.5 Å². The van der Waals surface area contributed by atoms with Gasteiger partial charge in [-0.05, 0) is 18.2 Å².